The minimum absolute atomic E-state index is 0.198. The lowest BCUT2D eigenvalue weighted by atomic mass is 10.4. The Labute approximate surface area is 87.8 Å². The molecule has 0 saturated heterocycles. The predicted molar refractivity (Wildman–Crippen MR) is 55.0 cm³/mol. The molecule has 1 aromatic rings. The van der Waals surface area contributed by atoms with Crippen molar-refractivity contribution in [2.45, 2.75) is 22.6 Å². The van der Waals surface area contributed by atoms with Gasteiger partial charge in [-0.3, -0.25) is 0 Å². The Morgan fingerprint density at radius 1 is 1.29 bits per heavy atom. The largest absolute Gasteiger partial charge is 0.326 e. The van der Waals surface area contributed by atoms with E-state index in [1.54, 1.807) is 12.1 Å². The van der Waals surface area contributed by atoms with Crippen LogP contribution < -0.4 is 5.73 Å². The average Bonchev–Trinajstić information content (AvgIpc) is 2.84. The van der Waals surface area contributed by atoms with Gasteiger partial charge in [-0.1, -0.05) is 11.6 Å². The van der Waals surface area contributed by atoms with Crippen molar-refractivity contribution < 1.29 is 8.42 Å². The van der Waals surface area contributed by atoms with Crippen LogP contribution in [0.15, 0.2) is 29.2 Å². The van der Waals surface area contributed by atoms with Crippen LogP contribution in [0.1, 0.15) is 6.42 Å². The molecule has 1 fully saturated rings. The van der Waals surface area contributed by atoms with Crippen LogP contribution in [0, 0.1) is 0 Å². The SMILES string of the molecule is N[C@H]1C[C@H]1S(=O)(=O)c1ccc(Cl)cc1. The van der Waals surface area contributed by atoms with Gasteiger partial charge in [0, 0.05) is 11.1 Å². The van der Waals surface area contributed by atoms with Crippen LogP contribution in [0.25, 0.3) is 0 Å². The van der Waals surface area contributed by atoms with Gasteiger partial charge in [0.15, 0.2) is 9.84 Å². The Hall–Kier alpha value is -0.580. The summed E-state index contributed by atoms with van der Waals surface area (Å²) in [6.07, 6.45) is 0.560. The lowest BCUT2D eigenvalue weighted by Crippen LogP contribution is -2.15. The summed E-state index contributed by atoms with van der Waals surface area (Å²) in [5.41, 5.74) is 5.51. The van der Waals surface area contributed by atoms with E-state index in [-0.39, 0.29) is 6.04 Å². The first-order valence-corrected chi connectivity index (χ1v) is 6.19. The molecule has 0 amide bonds. The lowest BCUT2D eigenvalue weighted by molar-refractivity contribution is 0.594. The van der Waals surface area contributed by atoms with Crippen LogP contribution in [0.2, 0.25) is 5.02 Å². The molecule has 1 aliphatic rings. The molecule has 1 aliphatic carbocycles. The van der Waals surface area contributed by atoms with Gasteiger partial charge in [-0.2, -0.15) is 0 Å². The van der Waals surface area contributed by atoms with Gasteiger partial charge in [-0.15, -0.1) is 0 Å². The number of hydrogen-bond donors (Lipinski definition) is 1. The van der Waals surface area contributed by atoms with Crippen LogP contribution in [0.5, 0.6) is 0 Å². The molecule has 0 unspecified atom stereocenters. The van der Waals surface area contributed by atoms with E-state index in [1.807, 2.05) is 0 Å². The van der Waals surface area contributed by atoms with Crippen molar-refractivity contribution in [3.8, 4) is 0 Å². The van der Waals surface area contributed by atoms with Crippen molar-refractivity contribution in [3.05, 3.63) is 29.3 Å². The van der Waals surface area contributed by atoms with Gasteiger partial charge < -0.3 is 5.73 Å². The summed E-state index contributed by atoms with van der Waals surface area (Å²) in [6.45, 7) is 0. The van der Waals surface area contributed by atoms with E-state index >= 15 is 0 Å². The molecule has 0 aliphatic heterocycles. The highest BCUT2D eigenvalue weighted by Crippen LogP contribution is 2.32. The number of rotatable bonds is 2. The zero-order valence-corrected chi connectivity index (χ0v) is 8.92. The zero-order valence-electron chi connectivity index (χ0n) is 7.35. The molecule has 0 aromatic heterocycles. The van der Waals surface area contributed by atoms with Crippen molar-refractivity contribution in [2.24, 2.45) is 5.73 Å². The Morgan fingerprint density at radius 2 is 1.79 bits per heavy atom. The highest BCUT2D eigenvalue weighted by atomic mass is 35.5. The molecule has 5 heteroatoms. The third-order valence-electron chi connectivity index (χ3n) is 2.32. The molecule has 1 saturated carbocycles. The Morgan fingerprint density at radius 3 is 2.21 bits per heavy atom. The van der Waals surface area contributed by atoms with Gasteiger partial charge in [0.05, 0.1) is 10.1 Å². The smallest absolute Gasteiger partial charge is 0.182 e. The molecule has 0 bridgehead atoms. The summed E-state index contributed by atoms with van der Waals surface area (Å²) in [5, 5.41) is 0.132. The second-order valence-corrected chi connectivity index (χ2v) is 6.04. The highest BCUT2D eigenvalue weighted by Gasteiger charge is 2.45. The van der Waals surface area contributed by atoms with E-state index in [1.165, 1.54) is 12.1 Å². The first-order valence-electron chi connectivity index (χ1n) is 4.27. The predicted octanol–water partition coefficient (Wildman–Crippen LogP) is 1.21. The monoisotopic (exact) mass is 231 g/mol. The molecule has 2 N–H and O–H groups in total. The minimum Gasteiger partial charge on any atom is -0.326 e. The summed E-state index contributed by atoms with van der Waals surface area (Å²) >= 11 is 5.67. The van der Waals surface area contributed by atoms with Crippen molar-refractivity contribution in [3.63, 3.8) is 0 Å². The van der Waals surface area contributed by atoms with Gasteiger partial charge in [0.1, 0.15) is 0 Å². The van der Waals surface area contributed by atoms with Gasteiger partial charge in [0.25, 0.3) is 0 Å². The lowest BCUT2D eigenvalue weighted by Gasteiger charge is -2.02. The van der Waals surface area contributed by atoms with Crippen LogP contribution in [-0.2, 0) is 9.84 Å². The van der Waals surface area contributed by atoms with E-state index in [0.717, 1.165) is 0 Å². The fraction of sp³-hybridized carbons (Fsp3) is 0.333. The summed E-state index contributed by atoms with van der Waals surface area (Å²) in [5.74, 6) is 0. The molecule has 0 heterocycles. The maximum absolute atomic E-state index is 11.8. The zero-order chi connectivity index (χ0) is 10.3. The minimum atomic E-state index is -3.22. The highest BCUT2D eigenvalue weighted by molar-refractivity contribution is 7.92. The topological polar surface area (TPSA) is 60.2 Å². The van der Waals surface area contributed by atoms with Gasteiger partial charge >= 0.3 is 0 Å². The summed E-state index contributed by atoms with van der Waals surface area (Å²) in [6, 6.07) is 5.98. The van der Waals surface area contributed by atoms with Crippen molar-refractivity contribution in [2.75, 3.05) is 0 Å². The first-order chi connectivity index (χ1) is 6.51. The molecular formula is C9H10ClNO2S. The Bertz CT molecular complexity index is 440. The van der Waals surface area contributed by atoms with Gasteiger partial charge in [-0.25, -0.2) is 8.42 Å². The molecule has 3 nitrogen and oxygen atoms in total. The normalized spacial score (nSPS) is 26.1. The number of benzene rings is 1. The fourth-order valence-corrected chi connectivity index (χ4v) is 3.27. The van der Waals surface area contributed by atoms with Crippen LogP contribution in [0.3, 0.4) is 0 Å². The van der Waals surface area contributed by atoms with Gasteiger partial charge in [0.2, 0.25) is 0 Å². The fourth-order valence-electron chi connectivity index (χ4n) is 1.35. The van der Waals surface area contributed by atoms with E-state index in [2.05, 4.69) is 0 Å². The number of nitrogens with two attached hydrogens (primary N) is 1. The van der Waals surface area contributed by atoms with Gasteiger partial charge in [-0.05, 0) is 30.7 Å². The van der Waals surface area contributed by atoms with E-state index in [0.29, 0.717) is 16.3 Å². The van der Waals surface area contributed by atoms with E-state index < -0.39 is 15.1 Å². The summed E-state index contributed by atoms with van der Waals surface area (Å²) in [7, 11) is -3.22. The molecule has 14 heavy (non-hydrogen) atoms. The number of sulfone groups is 1. The van der Waals surface area contributed by atoms with Crippen LogP contribution in [0.4, 0.5) is 0 Å². The molecule has 1 aromatic carbocycles. The number of halogens is 1. The third-order valence-corrected chi connectivity index (χ3v) is 4.84. The van der Waals surface area contributed by atoms with Crippen molar-refractivity contribution in [1.82, 2.24) is 0 Å². The Balaban J connectivity index is 2.35. The molecule has 0 radical (unpaired) electrons. The third kappa shape index (κ3) is 1.65. The first kappa shape index (κ1) is 9.96. The molecule has 76 valence electrons. The summed E-state index contributed by atoms with van der Waals surface area (Å²) in [4.78, 5) is 0.305. The van der Waals surface area contributed by atoms with Crippen LogP contribution in [-0.4, -0.2) is 19.7 Å². The molecule has 0 spiro atoms. The summed E-state index contributed by atoms with van der Waals surface area (Å²) < 4.78 is 23.6. The average molecular weight is 232 g/mol. The van der Waals surface area contributed by atoms with E-state index in [9.17, 15) is 8.42 Å². The maximum Gasteiger partial charge on any atom is 0.182 e. The molecule has 2 atom stereocenters. The van der Waals surface area contributed by atoms with Crippen molar-refractivity contribution >= 4 is 21.4 Å². The number of hydrogen-bond acceptors (Lipinski definition) is 3. The Kier molecular flexibility index (Phi) is 2.29. The van der Waals surface area contributed by atoms with Crippen molar-refractivity contribution in [1.29, 1.82) is 0 Å². The van der Waals surface area contributed by atoms with E-state index in [4.69, 9.17) is 17.3 Å². The standard InChI is InChI=1S/C9H10ClNO2S/c10-6-1-3-7(4-2-6)14(12,13)9-5-8(9)11/h1-4,8-9H,5,11H2/t8-,9+/m0/s1. The quantitative estimate of drug-likeness (QED) is 0.833. The molecular weight excluding hydrogens is 222 g/mol. The van der Waals surface area contributed by atoms with Crippen LogP contribution >= 0.6 is 11.6 Å². The molecule has 2 rings (SSSR count). The second kappa shape index (κ2) is 3.22. The second-order valence-electron chi connectivity index (χ2n) is 3.44. The maximum atomic E-state index is 11.8.